The fraction of sp³-hybridized carbons (Fsp3) is 0.0833. The SMILES string of the molecule is Cc1cccc(Oc2ccccc2Cl)n1. The molecular weight excluding hydrogens is 210 g/mol. The van der Waals surface area contributed by atoms with E-state index in [1.165, 1.54) is 0 Å². The summed E-state index contributed by atoms with van der Waals surface area (Å²) in [5.74, 6) is 1.18. The maximum atomic E-state index is 5.96. The summed E-state index contributed by atoms with van der Waals surface area (Å²) >= 11 is 5.96. The zero-order valence-electron chi connectivity index (χ0n) is 8.27. The van der Waals surface area contributed by atoms with Gasteiger partial charge in [-0.1, -0.05) is 29.8 Å². The molecule has 0 atom stereocenters. The lowest BCUT2D eigenvalue weighted by molar-refractivity contribution is 0.462. The van der Waals surface area contributed by atoms with E-state index in [9.17, 15) is 0 Å². The van der Waals surface area contributed by atoms with Gasteiger partial charge in [-0.2, -0.15) is 0 Å². The summed E-state index contributed by atoms with van der Waals surface area (Å²) in [6.07, 6.45) is 0. The molecule has 0 saturated carbocycles. The van der Waals surface area contributed by atoms with Gasteiger partial charge in [-0.15, -0.1) is 0 Å². The second-order valence-electron chi connectivity index (χ2n) is 3.15. The Morgan fingerprint density at radius 2 is 1.87 bits per heavy atom. The van der Waals surface area contributed by atoms with Gasteiger partial charge in [0.25, 0.3) is 0 Å². The molecule has 0 unspecified atom stereocenters. The molecule has 0 amide bonds. The first-order valence-electron chi connectivity index (χ1n) is 4.62. The number of aryl methyl sites for hydroxylation is 1. The molecule has 0 bridgehead atoms. The number of aromatic nitrogens is 1. The number of para-hydroxylation sites is 1. The van der Waals surface area contributed by atoms with Gasteiger partial charge >= 0.3 is 0 Å². The Morgan fingerprint density at radius 1 is 1.07 bits per heavy atom. The number of halogens is 1. The largest absolute Gasteiger partial charge is 0.437 e. The molecule has 1 aromatic heterocycles. The molecule has 0 saturated heterocycles. The van der Waals surface area contributed by atoms with Crippen molar-refractivity contribution >= 4 is 11.6 Å². The lowest BCUT2D eigenvalue weighted by Crippen LogP contribution is -1.89. The Hall–Kier alpha value is -1.54. The second-order valence-corrected chi connectivity index (χ2v) is 3.56. The molecule has 2 nitrogen and oxygen atoms in total. The van der Waals surface area contributed by atoms with E-state index in [2.05, 4.69) is 4.98 Å². The zero-order chi connectivity index (χ0) is 10.7. The Kier molecular flexibility index (Phi) is 2.88. The van der Waals surface area contributed by atoms with Crippen molar-refractivity contribution in [3.05, 3.63) is 53.2 Å². The molecule has 0 N–H and O–H groups in total. The Morgan fingerprint density at radius 3 is 2.60 bits per heavy atom. The Balaban J connectivity index is 2.26. The van der Waals surface area contributed by atoms with E-state index in [1.54, 1.807) is 12.1 Å². The van der Waals surface area contributed by atoms with Crippen LogP contribution in [0.5, 0.6) is 11.6 Å². The Labute approximate surface area is 93.5 Å². The molecule has 0 spiro atoms. The molecule has 2 rings (SSSR count). The summed E-state index contributed by atoms with van der Waals surface area (Å²) in [5.41, 5.74) is 0.916. The number of hydrogen-bond donors (Lipinski definition) is 0. The van der Waals surface area contributed by atoms with E-state index in [1.807, 2.05) is 37.3 Å². The summed E-state index contributed by atoms with van der Waals surface area (Å²) in [4.78, 5) is 4.23. The van der Waals surface area contributed by atoms with Crippen molar-refractivity contribution in [2.45, 2.75) is 6.92 Å². The van der Waals surface area contributed by atoms with Gasteiger partial charge in [0, 0.05) is 11.8 Å². The molecule has 2 aromatic rings. The van der Waals surface area contributed by atoms with Gasteiger partial charge in [-0.05, 0) is 25.1 Å². The van der Waals surface area contributed by atoms with Crippen LogP contribution in [0.3, 0.4) is 0 Å². The molecule has 0 radical (unpaired) electrons. The summed E-state index contributed by atoms with van der Waals surface area (Å²) in [6.45, 7) is 1.92. The first-order chi connectivity index (χ1) is 7.25. The number of pyridine rings is 1. The minimum absolute atomic E-state index is 0.558. The number of ether oxygens (including phenoxy) is 1. The normalized spacial score (nSPS) is 10.0. The lowest BCUT2D eigenvalue weighted by Gasteiger charge is -2.06. The number of benzene rings is 1. The van der Waals surface area contributed by atoms with Gasteiger partial charge in [0.2, 0.25) is 5.88 Å². The van der Waals surface area contributed by atoms with Crippen LogP contribution in [0.4, 0.5) is 0 Å². The zero-order valence-corrected chi connectivity index (χ0v) is 9.03. The smallest absolute Gasteiger partial charge is 0.219 e. The average molecular weight is 220 g/mol. The fourth-order valence-electron chi connectivity index (χ4n) is 1.22. The van der Waals surface area contributed by atoms with E-state index in [0.717, 1.165) is 5.69 Å². The highest BCUT2D eigenvalue weighted by atomic mass is 35.5. The number of hydrogen-bond acceptors (Lipinski definition) is 2. The van der Waals surface area contributed by atoms with Gasteiger partial charge < -0.3 is 4.74 Å². The standard InChI is InChI=1S/C12H10ClNO/c1-9-5-4-8-12(14-9)15-11-7-3-2-6-10(11)13/h2-8H,1H3. The van der Waals surface area contributed by atoms with Crippen molar-refractivity contribution in [2.24, 2.45) is 0 Å². The highest BCUT2D eigenvalue weighted by Crippen LogP contribution is 2.27. The molecular formula is C12H10ClNO. The van der Waals surface area contributed by atoms with Crippen molar-refractivity contribution < 1.29 is 4.74 Å². The van der Waals surface area contributed by atoms with Crippen molar-refractivity contribution in [1.29, 1.82) is 0 Å². The van der Waals surface area contributed by atoms with E-state index >= 15 is 0 Å². The van der Waals surface area contributed by atoms with Gasteiger partial charge in [-0.25, -0.2) is 4.98 Å². The summed E-state index contributed by atoms with van der Waals surface area (Å²) < 4.78 is 5.55. The Bertz CT molecular complexity index is 471. The predicted molar refractivity (Wildman–Crippen MR) is 60.5 cm³/mol. The lowest BCUT2D eigenvalue weighted by atomic mass is 10.3. The van der Waals surface area contributed by atoms with Gasteiger partial charge in [0.1, 0.15) is 5.75 Å². The van der Waals surface area contributed by atoms with Crippen LogP contribution in [0.2, 0.25) is 5.02 Å². The highest BCUT2D eigenvalue weighted by Gasteiger charge is 2.02. The third-order valence-corrected chi connectivity index (χ3v) is 2.23. The molecule has 1 heterocycles. The van der Waals surface area contributed by atoms with Crippen LogP contribution in [0.15, 0.2) is 42.5 Å². The third-order valence-electron chi connectivity index (χ3n) is 1.91. The van der Waals surface area contributed by atoms with Crippen LogP contribution in [0, 0.1) is 6.92 Å². The van der Waals surface area contributed by atoms with Crippen molar-refractivity contribution in [3.63, 3.8) is 0 Å². The number of nitrogens with zero attached hydrogens (tertiary/aromatic N) is 1. The average Bonchev–Trinajstić information content (AvgIpc) is 2.22. The van der Waals surface area contributed by atoms with E-state index in [0.29, 0.717) is 16.7 Å². The first-order valence-corrected chi connectivity index (χ1v) is 4.99. The highest BCUT2D eigenvalue weighted by molar-refractivity contribution is 6.32. The van der Waals surface area contributed by atoms with Crippen molar-refractivity contribution in [1.82, 2.24) is 4.98 Å². The molecule has 0 fully saturated rings. The first kappa shape index (κ1) is 9.99. The van der Waals surface area contributed by atoms with Crippen LogP contribution in [0.1, 0.15) is 5.69 Å². The molecule has 0 aliphatic heterocycles. The fourth-order valence-corrected chi connectivity index (χ4v) is 1.39. The van der Waals surface area contributed by atoms with Crippen LogP contribution >= 0.6 is 11.6 Å². The summed E-state index contributed by atoms with van der Waals surface area (Å²) in [6, 6.07) is 12.9. The van der Waals surface area contributed by atoms with Gasteiger partial charge in [-0.3, -0.25) is 0 Å². The van der Waals surface area contributed by atoms with Crippen molar-refractivity contribution in [3.8, 4) is 11.6 Å². The van der Waals surface area contributed by atoms with Crippen LogP contribution in [-0.2, 0) is 0 Å². The predicted octanol–water partition coefficient (Wildman–Crippen LogP) is 3.84. The topological polar surface area (TPSA) is 22.1 Å². The summed E-state index contributed by atoms with van der Waals surface area (Å²) in [7, 11) is 0. The minimum atomic E-state index is 0.558. The van der Waals surface area contributed by atoms with E-state index in [4.69, 9.17) is 16.3 Å². The third kappa shape index (κ3) is 2.48. The van der Waals surface area contributed by atoms with Crippen LogP contribution in [0.25, 0.3) is 0 Å². The van der Waals surface area contributed by atoms with Gasteiger partial charge in [0.05, 0.1) is 5.02 Å². The van der Waals surface area contributed by atoms with Gasteiger partial charge in [0.15, 0.2) is 0 Å². The molecule has 1 aromatic carbocycles. The monoisotopic (exact) mass is 219 g/mol. The molecule has 0 aliphatic carbocycles. The van der Waals surface area contributed by atoms with Crippen LogP contribution in [-0.4, -0.2) is 4.98 Å². The molecule has 3 heteroatoms. The molecule has 15 heavy (non-hydrogen) atoms. The molecule has 76 valence electrons. The second kappa shape index (κ2) is 4.32. The van der Waals surface area contributed by atoms with E-state index in [-0.39, 0.29) is 0 Å². The quantitative estimate of drug-likeness (QED) is 0.766. The van der Waals surface area contributed by atoms with Crippen molar-refractivity contribution in [2.75, 3.05) is 0 Å². The molecule has 0 aliphatic rings. The van der Waals surface area contributed by atoms with Crippen LogP contribution < -0.4 is 4.74 Å². The minimum Gasteiger partial charge on any atom is -0.437 e. The number of rotatable bonds is 2. The maximum Gasteiger partial charge on any atom is 0.219 e. The maximum absolute atomic E-state index is 5.96. The summed E-state index contributed by atoms with van der Waals surface area (Å²) in [5, 5.41) is 0.584. The van der Waals surface area contributed by atoms with E-state index < -0.39 is 0 Å².